The molecule has 1 aliphatic heterocycles. The van der Waals surface area contributed by atoms with Crippen molar-refractivity contribution in [1.29, 1.82) is 0 Å². The zero-order valence-corrected chi connectivity index (χ0v) is 14.7. The van der Waals surface area contributed by atoms with Crippen LogP contribution in [0.15, 0.2) is 36.5 Å². The smallest absolute Gasteiger partial charge is 0.287 e. The fraction of sp³-hybridized carbons (Fsp3) is 0.500. The first-order valence-corrected chi connectivity index (χ1v) is 9.31. The highest BCUT2D eigenvalue weighted by Crippen LogP contribution is 2.45. The summed E-state index contributed by atoms with van der Waals surface area (Å²) in [4.78, 5) is 22.4. The lowest BCUT2D eigenvalue weighted by Crippen LogP contribution is -2.47. The van der Waals surface area contributed by atoms with Gasteiger partial charge in [-0.15, -0.1) is 0 Å². The maximum Gasteiger partial charge on any atom is 0.287 e. The Morgan fingerprint density at radius 1 is 1.36 bits per heavy atom. The number of H-pyrrole nitrogens is 1. The first kappa shape index (κ1) is 16.3. The average molecular weight is 338 g/mol. The van der Waals surface area contributed by atoms with Crippen molar-refractivity contribution >= 4 is 5.91 Å². The molecule has 0 bridgehead atoms. The molecule has 5 heteroatoms. The van der Waals surface area contributed by atoms with Gasteiger partial charge in [-0.25, -0.2) is 4.98 Å². The highest BCUT2D eigenvalue weighted by Gasteiger charge is 2.35. The Hall–Kier alpha value is -2.14. The summed E-state index contributed by atoms with van der Waals surface area (Å²) in [6.45, 7) is 5.16. The molecule has 3 atom stereocenters. The molecule has 2 aliphatic rings. The number of imidazole rings is 1. The molecule has 5 nitrogen and oxygen atoms in total. The third kappa shape index (κ3) is 3.93. The number of hydrogen-bond donors (Lipinski definition) is 2. The number of aromatic nitrogens is 2. The molecule has 1 aromatic carbocycles. The Kier molecular flexibility index (Phi) is 4.57. The average Bonchev–Trinajstić information content (AvgIpc) is 3.15. The second-order valence-corrected chi connectivity index (χ2v) is 7.54. The van der Waals surface area contributed by atoms with Gasteiger partial charge in [0.15, 0.2) is 5.82 Å². The number of amides is 1. The number of aromatic amines is 1. The van der Waals surface area contributed by atoms with Crippen molar-refractivity contribution in [3.8, 4) is 0 Å². The number of hydrogen-bond acceptors (Lipinski definition) is 3. The lowest BCUT2D eigenvalue weighted by Gasteiger charge is -2.33. The van der Waals surface area contributed by atoms with Crippen LogP contribution in [0.1, 0.15) is 54.0 Å². The van der Waals surface area contributed by atoms with E-state index in [9.17, 15) is 4.79 Å². The van der Waals surface area contributed by atoms with E-state index in [1.165, 1.54) is 12.0 Å². The number of benzene rings is 1. The SMILES string of the molecule is CC1C[C@@H]1c1cnc(C(=O)N[C@@H]2CCCN(Cc3ccccc3)C2)[nH]1. The van der Waals surface area contributed by atoms with Crippen LogP contribution in [-0.2, 0) is 6.54 Å². The van der Waals surface area contributed by atoms with Crippen molar-refractivity contribution in [1.82, 2.24) is 20.2 Å². The van der Waals surface area contributed by atoms with E-state index in [-0.39, 0.29) is 11.9 Å². The quantitative estimate of drug-likeness (QED) is 0.881. The fourth-order valence-electron chi connectivity index (χ4n) is 3.81. The van der Waals surface area contributed by atoms with Crippen LogP contribution in [0.5, 0.6) is 0 Å². The second kappa shape index (κ2) is 7.00. The molecular formula is C20H26N4O. The number of carbonyl (C=O) groups is 1. The normalized spacial score (nSPS) is 26.4. The van der Waals surface area contributed by atoms with Crippen LogP contribution in [0.4, 0.5) is 0 Å². The van der Waals surface area contributed by atoms with Crippen molar-refractivity contribution in [3.63, 3.8) is 0 Å². The number of nitrogens with zero attached hydrogens (tertiary/aromatic N) is 2. The zero-order valence-electron chi connectivity index (χ0n) is 14.7. The maximum atomic E-state index is 12.5. The minimum Gasteiger partial charge on any atom is -0.345 e. The molecule has 1 saturated heterocycles. The summed E-state index contributed by atoms with van der Waals surface area (Å²) in [6.07, 6.45) is 5.16. The summed E-state index contributed by atoms with van der Waals surface area (Å²) in [7, 11) is 0. The van der Waals surface area contributed by atoms with Gasteiger partial charge in [0.05, 0.1) is 0 Å². The summed E-state index contributed by atoms with van der Waals surface area (Å²) in [5, 5.41) is 3.16. The van der Waals surface area contributed by atoms with Crippen molar-refractivity contribution in [2.75, 3.05) is 13.1 Å². The molecule has 132 valence electrons. The van der Waals surface area contributed by atoms with Crippen molar-refractivity contribution in [2.45, 2.75) is 44.7 Å². The van der Waals surface area contributed by atoms with Gasteiger partial charge in [-0.2, -0.15) is 0 Å². The summed E-state index contributed by atoms with van der Waals surface area (Å²) in [6, 6.07) is 10.7. The van der Waals surface area contributed by atoms with Crippen LogP contribution in [0, 0.1) is 5.92 Å². The van der Waals surface area contributed by atoms with E-state index in [0.29, 0.717) is 17.7 Å². The van der Waals surface area contributed by atoms with Gasteiger partial charge in [-0.05, 0) is 37.3 Å². The second-order valence-electron chi connectivity index (χ2n) is 7.54. The zero-order chi connectivity index (χ0) is 17.2. The monoisotopic (exact) mass is 338 g/mol. The van der Waals surface area contributed by atoms with Crippen LogP contribution < -0.4 is 5.32 Å². The van der Waals surface area contributed by atoms with Gasteiger partial charge in [0.2, 0.25) is 0 Å². The van der Waals surface area contributed by atoms with Crippen LogP contribution in [0.2, 0.25) is 0 Å². The molecule has 2 fully saturated rings. The summed E-state index contributed by atoms with van der Waals surface area (Å²) >= 11 is 0. The summed E-state index contributed by atoms with van der Waals surface area (Å²) in [5.41, 5.74) is 2.43. The molecule has 1 aromatic heterocycles. The lowest BCUT2D eigenvalue weighted by molar-refractivity contribution is 0.0891. The molecule has 2 N–H and O–H groups in total. The fourth-order valence-corrected chi connectivity index (χ4v) is 3.81. The number of likely N-dealkylation sites (tertiary alicyclic amines) is 1. The van der Waals surface area contributed by atoms with Crippen LogP contribution >= 0.6 is 0 Å². The van der Waals surface area contributed by atoms with E-state index in [2.05, 4.69) is 51.4 Å². The standard InChI is InChI=1S/C20H26N4O/c1-14-10-17(14)18-11-21-19(23-18)20(25)22-16-8-5-9-24(13-16)12-15-6-3-2-4-7-15/h2-4,6-7,11,14,16-17H,5,8-10,12-13H2,1H3,(H,21,23)(H,22,25)/t14?,16-,17+/m1/s1. The van der Waals surface area contributed by atoms with Gasteiger partial charge >= 0.3 is 0 Å². The van der Waals surface area contributed by atoms with Gasteiger partial charge < -0.3 is 10.3 Å². The van der Waals surface area contributed by atoms with Gasteiger partial charge in [0, 0.05) is 36.9 Å². The third-order valence-corrected chi connectivity index (χ3v) is 5.41. The van der Waals surface area contributed by atoms with E-state index in [4.69, 9.17) is 0 Å². The van der Waals surface area contributed by atoms with Crippen LogP contribution in [-0.4, -0.2) is 39.9 Å². The molecule has 4 rings (SSSR count). The van der Waals surface area contributed by atoms with Crippen LogP contribution in [0.25, 0.3) is 0 Å². The number of nitrogens with one attached hydrogen (secondary N) is 2. The molecule has 1 unspecified atom stereocenters. The molecule has 25 heavy (non-hydrogen) atoms. The Labute approximate surface area is 148 Å². The number of piperidine rings is 1. The van der Waals surface area contributed by atoms with Gasteiger partial charge in [-0.1, -0.05) is 37.3 Å². The first-order valence-electron chi connectivity index (χ1n) is 9.31. The minimum atomic E-state index is -0.0777. The van der Waals surface area contributed by atoms with Gasteiger partial charge in [0.1, 0.15) is 0 Å². The number of carbonyl (C=O) groups excluding carboxylic acids is 1. The van der Waals surface area contributed by atoms with E-state index < -0.39 is 0 Å². The summed E-state index contributed by atoms with van der Waals surface area (Å²) in [5.74, 6) is 1.65. The van der Waals surface area contributed by atoms with Gasteiger partial charge in [0.25, 0.3) is 5.91 Å². The topological polar surface area (TPSA) is 61.0 Å². The Bertz CT molecular complexity index is 726. The highest BCUT2D eigenvalue weighted by molar-refractivity contribution is 5.90. The van der Waals surface area contributed by atoms with E-state index >= 15 is 0 Å². The lowest BCUT2D eigenvalue weighted by atomic mass is 10.0. The largest absolute Gasteiger partial charge is 0.345 e. The van der Waals surface area contributed by atoms with Crippen LogP contribution in [0.3, 0.4) is 0 Å². The van der Waals surface area contributed by atoms with Crippen molar-refractivity contribution in [3.05, 3.63) is 53.6 Å². The Morgan fingerprint density at radius 2 is 2.16 bits per heavy atom. The highest BCUT2D eigenvalue weighted by atomic mass is 16.2. The molecule has 2 heterocycles. The molecule has 0 radical (unpaired) electrons. The van der Waals surface area contributed by atoms with E-state index in [1.54, 1.807) is 0 Å². The Morgan fingerprint density at radius 3 is 2.92 bits per heavy atom. The van der Waals surface area contributed by atoms with Crippen molar-refractivity contribution < 1.29 is 4.79 Å². The van der Waals surface area contributed by atoms with Gasteiger partial charge in [-0.3, -0.25) is 9.69 Å². The predicted molar refractivity (Wildman–Crippen MR) is 97.3 cm³/mol. The predicted octanol–water partition coefficient (Wildman–Crippen LogP) is 2.93. The Balaban J connectivity index is 1.32. The summed E-state index contributed by atoms with van der Waals surface area (Å²) < 4.78 is 0. The van der Waals surface area contributed by atoms with E-state index in [0.717, 1.165) is 38.2 Å². The van der Waals surface area contributed by atoms with Crippen molar-refractivity contribution in [2.24, 2.45) is 5.92 Å². The minimum absolute atomic E-state index is 0.0777. The molecule has 0 spiro atoms. The molecule has 1 saturated carbocycles. The first-order chi connectivity index (χ1) is 12.2. The number of rotatable bonds is 5. The van der Waals surface area contributed by atoms with E-state index in [1.807, 2.05) is 12.3 Å². The molecule has 1 aliphatic carbocycles. The molecular weight excluding hydrogens is 312 g/mol. The molecule has 2 aromatic rings. The third-order valence-electron chi connectivity index (χ3n) is 5.41. The molecule has 1 amide bonds. The maximum absolute atomic E-state index is 12.5.